The van der Waals surface area contributed by atoms with E-state index < -0.39 is 11.5 Å². The van der Waals surface area contributed by atoms with Gasteiger partial charge in [-0.3, -0.25) is 0 Å². The van der Waals surface area contributed by atoms with Crippen LogP contribution in [0.15, 0.2) is 30.3 Å². The molecule has 1 aromatic rings. The predicted octanol–water partition coefficient (Wildman–Crippen LogP) is 2.31. The van der Waals surface area contributed by atoms with Gasteiger partial charge in [0.25, 0.3) is 0 Å². The van der Waals surface area contributed by atoms with E-state index in [4.69, 9.17) is 0 Å². The van der Waals surface area contributed by atoms with Gasteiger partial charge in [0.2, 0.25) is 0 Å². The fourth-order valence-corrected chi connectivity index (χ4v) is 3.21. The molecule has 0 spiro atoms. The van der Waals surface area contributed by atoms with Crippen molar-refractivity contribution in [2.24, 2.45) is 5.41 Å². The first kappa shape index (κ1) is 16.0. The molecule has 1 heterocycles. The predicted molar refractivity (Wildman–Crippen MR) is 84.3 cm³/mol. The molecule has 0 amide bonds. The number of aliphatic carboxylic acids is 1. The summed E-state index contributed by atoms with van der Waals surface area (Å²) in [5.74, 6) is -0.811. The van der Waals surface area contributed by atoms with E-state index in [9.17, 15) is 9.90 Å². The molecule has 1 unspecified atom stereocenters. The van der Waals surface area contributed by atoms with Crippen LogP contribution in [-0.4, -0.2) is 42.7 Å². The Morgan fingerprint density at radius 3 is 2.52 bits per heavy atom. The molecule has 116 valence electrons. The third-order valence-corrected chi connectivity index (χ3v) is 4.62. The monoisotopic (exact) mass is 290 g/mol. The second-order valence-electron chi connectivity index (χ2n) is 6.77. The molecule has 1 fully saturated rings. The summed E-state index contributed by atoms with van der Waals surface area (Å²) in [6.07, 6.45) is 1.75. The van der Waals surface area contributed by atoms with Gasteiger partial charge < -0.3 is 15.3 Å². The lowest BCUT2D eigenvalue weighted by atomic mass is 9.86. The standard InChI is InChI=1S/C17H26N2O2/c1-16(2)9-11-19(13-16)12-10-17(18-3,15(20)21)14-7-5-4-6-8-14/h4-8,18H,9-13H2,1-3H3,(H,20,21). The maximum Gasteiger partial charge on any atom is 0.328 e. The Labute approximate surface area is 127 Å². The van der Waals surface area contributed by atoms with Crippen LogP contribution in [0.3, 0.4) is 0 Å². The molecule has 1 atom stereocenters. The minimum absolute atomic E-state index is 0.346. The molecule has 0 aromatic heterocycles. The van der Waals surface area contributed by atoms with Crippen molar-refractivity contribution in [1.82, 2.24) is 10.2 Å². The number of nitrogens with zero attached hydrogens (tertiary/aromatic N) is 1. The van der Waals surface area contributed by atoms with E-state index in [-0.39, 0.29) is 0 Å². The van der Waals surface area contributed by atoms with Crippen LogP contribution in [0.1, 0.15) is 32.3 Å². The Balaban J connectivity index is 2.13. The minimum Gasteiger partial charge on any atom is -0.480 e. The molecule has 1 aromatic carbocycles. The first-order valence-corrected chi connectivity index (χ1v) is 7.60. The van der Waals surface area contributed by atoms with Gasteiger partial charge in [0, 0.05) is 13.1 Å². The molecule has 0 radical (unpaired) electrons. The Hall–Kier alpha value is -1.39. The van der Waals surface area contributed by atoms with Crippen molar-refractivity contribution in [2.75, 3.05) is 26.7 Å². The molecule has 21 heavy (non-hydrogen) atoms. The molecule has 2 rings (SSSR count). The van der Waals surface area contributed by atoms with E-state index in [1.54, 1.807) is 7.05 Å². The second-order valence-corrected chi connectivity index (χ2v) is 6.77. The van der Waals surface area contributed by atoms with Gasteiger partial charge in [0.15, 0.2) is 0 Å². The number of hydrogen-bond acceptors (Lipinski definition) is 3. The Bertz CT molecular complexity index is 487. The molecule has 0 aliphatic carbocycles. The second kappa shape index (κ2) is 6.16. The maximum atomic E-state index is 11.9. The summed E-state index contributed by atoms with van der Waals surface area (Å²) in [5, 5.41) is 12.8. The molecule has 4 nitrogen and oxygen atoms in total. The molecule has 2 N–H and O–H groups in total. The van der Waals surface area contributed by atoms with Gasteiger partial charge in [-0.1, -0.05) is 44.2 Å². The van der Waals surface area contributed by atoms with Gasteiger partial charge in [0.1, 0.15) is 5.54 Å². The van der Waals surface area contributed by atoms with E-state index in [0.29, 0.717) is 11.8 Å². The van der Waals surface area contributed by atoms with Gasteiger partial charge in [-0.05, 0) is 37.4 Å². The summed E-state index contributed by atoms with van der Waals surface area (Å²) in [7, 11) is 1.73. The number of carbonyl (C=O) groups is 1. The van der Waals surface area contributed by atoms with Crippen molar-refractivity contribution in [2.45, 2.75) is 32.2 Å². The van der Waals surface area contributed by atoms with Crippen LogP contribution in [0.2, 0.25) is 0 Å². The Kier molecular flexibility index (Phi) is 4.69. The van der Waals surface area contributed by atoms with E-state index in [1.807, 2.05) is 30.3 Å². The lowest BCUT2D eigenvalue weighted by molar-refractivity contribution is -0.145. The van der Waals surface area contributed by atoms with Crippen molar-refractivity contribution < 1.29 is 9.90 Å². The highest BCUT2D eigenvalue weighted by Crippen LogP contribution is 2.31. The molecule has 1 aliphatic heterocycles. The van der Waals surface area contributed by atoms with Gasteiger partial charge in [0.05, 0.1) is 0 Å². The summed E-state index contributed by atoms with van der Waals surface area (Å²) in [5.41, 5.74) is 0.158. The van der Waals surface area contributed by atoms with Crippen molar-refractivity contribution >= 4 is 5.97 Å². The van der Waals surface area contributed by atoms with E-state index >= 15 is 0 Å². The number of likely N-dealkylation sites (tertiary alicyclic amines) is 1. The smallest absolute Gasteiger partial charge is 0.328 e. The zero-order chi connectivity index (χ0) is 15.5. The zero-order valence-electron chi connectivity index (χ0n) is 13.2. The highest BCUT2D eigenvalue weighted by atomic mass is 16.4. The fourth-order valence-electron chi connectivity index (χ4n) is 3.21. The Morgan fingerprint density at radius 1 is 1.38 bits per heavy atom. The van der Waals surface area contributed by atoms with Crippen LogP contribution in [-0.2, 0) is 10.3 Å². The highest BCUT2D eigenvalue weighted by molar-refractivity contribution is 5.80. The first-order valence-electron chi connectivity index (χ1n) is 7.60. The largest absolute Gasteiger partial charge is 0.480 e. The summed E-state index contributed by atoms with van der Waals surface area (Å²) in [6, 6.07) is 9.47. The molecule has 1 saturated heterocycles. The molecule has 1 aliphatic rings. The topological polar surface area (TPSA) is 52.6 Å². The minimum atomic E-state index is -1.01. The van der Waals surface area contributed by atoms with Crippen molar-refractivity contribution in [3.05, 3.63) is 35.9 Å². The van der Waals surface area contributed by atoms with Gasteiger partial charge in [-0.25, -0.2) is 4.79 Å². The normalized spacial score (nSPS) is 21.1. The van der Waals surface area contributed by atoms with Crippen LogP contribution in [0, 0.1) is 5.41 Å². The highest BCUT2D eigenvalue weighted by Gasteiger charge is 2.40. The quantitative estimate of drug-likeness (QED) is 0.844. The zero-order valence-corrected chi connectivity index (χ0v) is 13.2. The lowest BCUT2D eigenvalue weighted by Gasteiger charge is -2.31. The molecule has 4 heteroatoms. The van der Waals surface area contributed by atoms with Gasteiger partial charge in [-0.2, -0.15) is 0 Å². The number of hydrogen-bond donors (Lipinski definition) is 2. The average molecular weight is 290 g/mol. The first-order chi connectivity index (χ1) is 9.89. The van der Waals surface area contributed by atoms with Gasteiger partial charge in [-0.15, -0.1) is 0 Å². The molecular formula is C17H26N2O2. The van der Waals surface area contributed by atoms with Crippen LogP contribution < -0.4 is 5.32 Å². The molecule has 0 saturated carbocycles. The number of likely N-dealkylation sites (N-methyl/N-ethyl adjacent to an activating group) is 1. The third kappa shape index (κ3) is 3.44. The van der Waals surface area contributed by atoms with E-state index in [2.05, 4.69) is 24.1 Å². The number of rotatable bonds is 6. The summed E-state index contributed by atoms with van der Waals surface area (Å²) in [6.45, 7) is 7.44. The maximum absolute atomic E-state index is 11.9. The van der Waals surface area contributed by atoms with Crippen molar-refractivity contribution in [3.63, 3.8) is 0 Å². The van der Waals surface area contributed by atoms with Gasteiger partial charge >= 0.3 is 5.97 Å². The summed E-state index contributed by atoms with van der Waals surface area (Å²) < 4.78 is 0. The van der Waals surface area contributed by atoms with Crippen LogP contribution in [0.4, 0.5) is 0 Å². The fraction of sp³-hybridized carbons (Fsp3) is 0.588. The molecule has 0 bridgehead atoms. The SMILES string of the molecule is CNC(CCN1CCC(C)(C)C1)(C(=O)O)c1ccccc1. The number of benzene rings is 1. The van der Waals surface area contributed by atoms with Crippen molar-refractivity contribution in [3.8, 4) is 0 Å². The van der Waals surface area contributed by atoms with E-state index in [1.165, 1.54) is 6.42 Å². The van der Waals surface area contributed by atoms with Crippen molar-refractivity contribution in [1.29, 1.82) is 0 Å². The third-order valence-electron chi connectivity index (χ3n) is 4.62. The van der Waals surface area contributed by atoms with Crippen LogP contribution in [0.5, 0.6) is 0 Å². The number of carboxylic acid groups (broad SMARTS) is 1. The number of nitrogens with one attached hydrogen (secondary N) is 1. The van der Waals surface area contributed by atoms with Crippen LogP contribution in [0.25, 0.3) is 0 Å². The van der Waals surface area contributed by atoms with Crippen LogP contribution >= 0.6 is 0 Å². The average Bonchev–Trinajstić information content (AvgIpc) is 2.80. The number of carboxylic acids is 1. The molecular weight excluding hydrogens is 264 g/mol. The summed E-state index contributed by atoms with van der Waals surface area (Å²) >= 11 is 0. The Morgan fingerprint density at radius 2 is 2.05 bits per heavy atom. The lowest BCUT2D eigenvalue weighted by Crippen LogP contribution is -2.49. The van der Waals surface area contributed by atoms with E-state index in [0.717, 1.165) is 25.2 Å². The summed E-state index contributed by atoms with van der Waals surface area (Å²) in [4.78, 5) is 14.3.